The Kier molecular flexibility index (Phi) is 5.56. The molecule has 0 saturated heterocycles. The van der Waals surface area contributed by atoms with E-state index in [1.165, 1.54) is 17.3 Å². The lowest BCUT2D eigenvalue weighted by molar-refractivity contribution is -0.120. The van der Waals surface area contributed by atoms with E-state index in [0.29, 0.717) is 17.5 Å². The van der Waals surface area contributed by atoms with Gasteiger partial charge in [-0.1, -0.05) is 49.0 Å². The molecule has 1 amide bonds. The summed E-state index contributed by atoms with van der Waals surface area (Å²) >= 11 is 1.34. The van der Waals surface area contributed by atoms with E-state index < -0.39 is 0 Å². The first-order chi connectivity index (χ1) is 12.4. The van der Waals surface area contributed by atoms with Crippen molar-refractivity contribution in [2.24, 2.45) is 0 Å². The molecule has 0 aliphatic rings. The van der Waals surface area contributed by atoms with Crippen molar-refractivity contribution in [2.45, 2.75) is 44.0 Å². The molecule has 1 aromatic carbocycles. The van der Waals surface area contributed by atoms with E-state index in [1.807, 2.05) is 45.0 Å². The largest absolute Gasteiger partial charge is 0.355 e. The molecule has 6 nitrogen and oxygen atoms in total. The maximum atomic E-state index is 12.4. The molecule has 0 fully saturated rings. The molecular weight excluding hydrogens is 346 g/mol. The van der Waals surface area contributed by atoms with Gasteiger partial charge in [0, 0.05) is 17.9 Å². The second-order valence-electron chi connectivity index (χ2n) is 6.46. The van der Waals surface area contributed by atoms with E-state index in [2.05, 4.69) is 39.4 Å². The van der Waals surface area contributed by atoms with Crippen LogP contribution in [0.25, 0.3) is 5.78 Å². The Hall–Kier alpha value is -2.41. The van der Waals surface area contributed by atoms with Crippen LogP contribution in [0, 0.1) is 13.8 Å². The van der Waals surface area contributed by atoms with E-state index in [4.69, 9.17) is 0 Å². The molecule has 3 rings (SSSR count). The van der Waals surface area contributed by atoms with Crippen molar-refractivity contribution in [1.82, 2.24) is 24.9 Å². The first-order valence-corrected chi connectivity index (χ1v) is 9.52. The van der Waals surface area contributed by atoms with Crippen molar-refractivity contribution < 1.29 is 4.79 Å². The van der Waals surface area contributed by atoms with Crippen molar-refractivity contribution in [2.75, 3.05) is 6.54 Å². The van der Waals surface area contributed by atoms with Gasteiger partial charge in [-0.05, 0) is 38.3 Å². The molecule has 1 N–H and O–H groups in total. The monoisotopic (exact) mass is 369 g/mol. The van der Waals surface area contributed by atoms with Crippen molar-refractivity contribution in [1.29, 1.82) is 0 Å². The van der Waals surface area contributed by atoms with E-state index in [1.54, 1.807) is 4.52 Å². The van der Waals surface area contributed by atoms with Crippen molar-refractivity contribution in [3.63, 3.8) is 0 Å². The molecule has 0 radical (unpaired) electrons. The number of aryl methyl sites for hydroxylation is 2. The molecular formula is C19H23N5OS. The second-order valence-corrected chi connectivity index (χ2v) is 7.77. The standard InChI is InChI=1S/C19H23N5OS/c1-12(16-8-6-5-7-9-16)11-20-17(25)15(4)26-19-22-18-21-13(2)10-14(3)24(18)23-19/h5-10,12,15H,11H2,1-4H3,(H,20,25). The summed E-state index contributed by atoms with van der Waals surface area (Å²) in [5, 5.41) is 7.74. The number of carbonyl (C=O) groups excluding carboxylic acids is 1. The van der Waals surface area contributed by atoms with Gasteiger partial charge in [0.15, 0.2) is 0 Å². The average molecular weight is 369 g/mol. The summed E-state index contributed by atoms with van der Waals surface area (Å²) in [5.41, 5.74) is 3.09. The van der Waals surface area contributed by atoms with Crippen LogP contribution in [0.3, 0.4) is 0 Å². The highest BCUT2D eigenvalue weighted by Gasteiger charge is 2.18. The van der Waals surface area contributed by atoms with Gasteiger partial charge in [-0.2, -0.15) is 4.98 Å². The zero-order valence-corrected chi connectivity index (χ0v) is 16.2. The summed E-state index contributed by atoms with van der Waals surface area (Å²) in [6.07, 6.45) is 0. The lowest BCUT2D eigenvalue weighted by Crippen LogP contribution is -2.33. The Labute approximate surface area is 157 Å². The van der Waals surface area contributed by atoms with E-state index in [-0.39, 0.29) is 17.1 Å². The molecule has 2 aromatic heterocycles. The molecule has 3 aromatic rings. The van der Waals surface area contributed by atoms with Gasteiger partial charge in [0.05, 0.1) is 5.25 Å². The van der Waals surface area contributed by atoms with Gasteiger partial charge in [-0.25, -0.2) is 9.50 Å². The minimum Gasteiger partial charge on any atom is -0.355 e. The van der Waals surface area contributed by atoms with E-state index in [9.17, 15) is 4.79 Å². The van der Waals surface area contributed by atoms with E-state index >= 15 is 0 Å². The Morgan fingerprint density at radius 3 is 2.65 bits per heavy atom. The fourth-order valence-electron chi connectivity index (χ4n) is 2.71. The number of carbonyl (C=O) groups is 1. The van der Waals surface area contributed by atoms with Gasteiger partial charge in [0.2, 0.25) is 11.1 Å². The number of benzene rings is 1. The van der Waals surface area contributed by atoms with Crippen LogP contribution in [-0.4, -0.2) is 37.3 Å². The number of hydrogen-bond donors (Lipinski definition) is 1. The summed E-state index contributed by atoms with van der Waals surface area (Å²) in [6.45, 7) is 8.47. The van der Waals surface area contributed by atoms with Gasteiger partial charge in [0.25, 0.3) is 5.78 Å². The van der Waals surface area contributed by atoms with Crippen LogP contribution in [0.1, 0.15) is 36.7 Å². The van der Waals surface area contributed by atoms with Gasteiger partial charge >= 0.3 is 0 Å². The molecule has 0 bridgehead atoms. The third-order valence-electron chi connectivity index (χ3n) is 4.20. The van der Waals surface area contributed by atoms with Crippen LogP contribution in [0.4, 0.5) is 0 Å². The number of amides is 1. The van der Waals surface area contributed by atoms with Crippen molar-refractivity contribution >= 4 is 23.4 Å². The maximum Gasteiger partial charge on any atom is 0.253 e. The Bertz CT molecular complexity index is 909. The third kappa shape index (κ3) is 4.22. The maximum absolute atomic E-state index is 12.4. The lowest BCUT2D eigenvalue weighted by atomic mass is 10.0. The smallest absolute Gasteiger partial charge is 0.253 e. The van der Waals surface area contributed by atoms with Crippen LogP contribution < -0.4 is 5.32 Å². The molecule has 26 heavy (non-hydrogen) atoms. The number of nitrogens with zero attached hydrogens (tertiary/aromatic N) is 4. The first-order valence-electron chi connectivity index (χ1n) is 8.64. The molecule has 2 heterocycles. The van der Waals surface area contributed by atoms with Crippen LogP contribution in [0.5, 0.6) is 0 Å². The summed E-state index contributed by atoms with van der Waals surface area (Å²) in [7, 11) is 0. The van der Waals surface area contributed by atoms with Crippen molar-refractivity contribution in [3.05, 3.63) is 53.3 Å². The van der Waals surface area contributed by atoms with Gasteiger partial charge < -0.3 is 5.32 Å². The summed E-state index contributed by atoms with van der Waals surface area (Å²) in [6, 6.07) is 12.1. The second kappa shape index (κ2) is 7.86. The highest BCUT2D eigenvalue weighted by atomic mass is 32.2. The number of fused-ring (bicyclic) bond motifs is 1. The lowest BCUT2D eigenvalue weighted by Gasteiger charge is -2.15. The van der Waals surface area contributed by atoms with Crippen molar-refractivity contribution in [3.8, 4) is 0 Å². The Balaban J connectivity index is 1.60. The molecule has 0 aliphatic carbocycles. The molecule has 2 atom stereocenters. The normalized spacial score (nSPS) is 13.5. The van der Waals surface area contributed by atoms with Gasteiger partial charge in [0.1, 0.15) is 0 Å². The van der Waals surface area contributed by atoms with Crippen LogP contribution in [0.2, 0.25) is 0 Å². The predicted molar refractivity (Wildman–Crippen MR) is 103 cm³/mol. The zero-order chi connectivity index (χ0) is 18.7. The number of rotatable bonds is 6. The fraction of sp³-hybridized carbons (Fsp3) is 0.368. The zero-order valence-electron chi connectivity index (χ0n) is 15.4. The third-order valence-corrected chi connectivity index (χ3v) is 5.15. The molecule has 0 saturated carbocycles. The van der Waals surface area contributed by atoms with Crippen LogP contribution in [-0.2, 0) is 4.79 Å². The van der Waals surface area contributed by atoms with Gasteiger partial charge in [-0.3, -0.25) is 4.79 Å². The SMILES string of the molecule is Cc1cc(C)n2nc(SC(C)C(=O)NCC(C)c3ccccc3)nc2n1. The minimum absolute atomic E-state index is 0.0162. The van der Waals surface area contributed by atoms with Gasteiger partial charge in [-0.15, -0.1) is 5.10 Å². The Morgan fingerprint density at radius 2 is 1.92 bits per heavy atom. The summed E-state index contributed by atoms with van der Waals surface area (Å²) in [4.78, 5) is 21.2. The van der Waals surface area contributed by atoms with E-state index in [0.717, 1.165) is 11.4 Å². The average Bonchev–Trinajstić information content (AvgIpc) is 3.02. The predicted octanol–water partition coefficient (Wildman–Crippen LogP) is 3.14. The first kappa shape index (κ1) is 18.4. The highest BCUT2D eigenvalue weighted by Crippen LogP contribution is 2.21. The Morgan fingerprint density at radius 1 is 1.19 bits per heavy atom. The molecule has 7 heteroatoms. The molecule has 0 aliphatic heterocycles. The number of nitrogens with one attached hydrogen (secondary N) is 1. The number of aromatic nitrogens is 4. The quantitative estimate of drug-likeness (QED) is 0.676. The molecule has 0 spiro atoms. The number of hydrogen-bond acceptors (Lipinski definition) is 5. The minimum atomic E-state index is -0.281. The van der Waals surface area contributed by atoms with Crippen LogP contribution >= 0.6 is 11.8 Å². The van der Waals surface area contributed by atoms with Crippen LogP contribution in [0.15, 0.2) is 41.6 Å². The molecule has 2 unspecified atom stereocenters. The topological polar surface area (TPSA) is 72.2 Å². The summed E-state index contributed by atoms with van der Waals surface area (Å²) < 4.78 is 1.71. The highest BCUT2D eigenvalue weighted by molar-refractivity contribution is 8.00. The molecule has 136 valence electrons. The fourth-order valence-corrected chi connectivity index (χ4v) is 3.48. The summed E-state index contributed by atoms with van der Waals surface area (Å²) in [5.74, 6) is 0.813. The number of thioether (sulfide) groups is 1.